The molecule has 0 spiro atoms. The van der Waals surface area contributed by atoms with Crippen molar-refractivity contribution in [3.8, 4) is 0 Å². The van der Waals surface area contributed by atoms with Crippen LogP contribution < -0.4 is 11.1 Å². The van der Waals surface area contributed by atoms with Crippen molar-refractivity contribution >= 4 is 5.91 Å². The Morgan fingerprint density at radius 1 is 1.60 bits per heavy atom. The molecule has 1 rings (SSSR count). The molecule has 1 aliphatic rings. The van der Waals surface area contributed by atoms with Crippen LogP contribution in [0.5, 0.6) is 0 Å². The first-order chi connectivity index (χ1) is 7.07. The highest BCUT2D eigenvalue weighted by Crippen LogP contribution is 2.30. The van der Waals surface area contributed by atoms with Crippen molar-refractivity contribution in [3.63, 3.8) is 0 Å². The molecule has 0 bridgehead atoms. The van der Waals surface area contributed by atoms with Crippen LogP contribution >= 0.6 is 0 Å². The predicted octanol–water partition coefficient (Wildman–Crippen LogP) is 0.393. The molecule has 4 nitrogen and oxygen atoms in total. The van der Waals surface area contributed by atoms with Gasteiger partial charge < -0.3 is 16.2 Å². The third-order valence-electron chi connectivity index (χ3n) is 3.16. The van der Waals surface area contributed by atoms with Gasteiger partial charge in [-0.3, -0.25) is 4.79 Å². The molecular formula is C11H22N2O2. The molecule has 1 fully saturated rings. The SMILES string of the molecule is CC(CCCN)C(=O)NCC1(O)CCC1. The minimum Gasteiger partial charge on any atom is -0.388 e. The minimum atomic E-state index is -0.622. The van der Waals surface area contributed by atoms with Crippen molar-refractivity contribution < 1.29 is 9.90 Å². The van der Waals surface area contributed by atoms with E-state index in [0.717, 1.165) is 32.1 Å². The van der Waals surface area contributed by atoms with Gasteiger partial charge in [0.1, 0.15) is 0 Å². The van der Waals surface area contributed by atoms with Gasteiger partial charge in [0, 0.05) is 12.5 Å². The van der Waals surface area contributed by atoms with Crippen LogP contribution in [0, 0.1) is 5.92 Å². The number of aliphatic hydroxyl groups is 1. The zero-order valence-corrected chi connectivity index (χ0v) is 9.46. The number of nitrogens with one attached hydrogen (secondary N) is 1. The van der Waals surface area contributed by atoms with Crippen molar-refractivity contribution in [3.05, 3.63) is 0 Å². The fraction of sp³-hybridized carbons (Fsp3) is 0.909. The van der Waals surface area contributed by atoms with Crippen molar-refractivity contribution in [2.24, 2.45) is 11.7 Å². The zero-order chi connectivity index (χ0) is 11.3. The maximum Gasteiger partial charge on any atom is 0.222 e. The van der Waals surface area contributed by atoms with Crippen LogP contribution in [0.2, 0.25) is 0 Å². The summed E-state index contributed by atoms with van der Waals surface area (Å²) in [7, 11) is 0. The molecule has 0 aromatic heterocycles. The van der Waals surface area contributed by atoms with Crippen molar-refractivity contribution in [2.75, 3.05) is 13.1 Å². The van der Waals surface area contributed by atoms with Gasteiger partial charge >= 0.3 is 0 Å². The normalized spacial score (nSPS) is 20.5. The number of hydrogen-bond acceptors (Lipinski definition) is 3. The maximum absolute atomic E-state index is 11.6. The van der Waals surface area contributed by atoms with Crippen molar-refractivity contribution in [1.82, 2.24) is 5.32 Å². The molecule has 1 amide bonds. The topological polar surface area (TPSA) is 75.4 Å². The van der Waals surface area contributed by atoms with Crippen LogP contribution in [0.25, 0.3) is 0 Å². The van der Waals surface area contributed by atoms with E-state index in [2.05, 4.69) is 5.32 Å². The summed E-state index contributed by atoms with van der Waals surface area (Å²) in [6.45, 7) is 2.93. The van der Waals surface area contributed by atoms with Crippen molar-refractivity contribution in [1.29, 1.82) is 0 Å². The molecule has 0 radical (unpaired) electrons. The molecule has 1 atom stereocenters. The van der Waals surface area contributed by atoms with Gasteiger partial charge in [-0.05, 0) is 38.6 Å². The van der Waals surface area contributed by atoms with E-state index in [9.17, 15) is 9.90 Å². The van der Waals surface area contributed by atoms with E-state index in [4.69, 9.17) is 5.73 Å². The van der Waals surface area contributed by atoms with Gasteiger partial charge in [-0.25, -0.2) is 0 Å². The molecule has 1 saturated carbocycles. The van der Waals surface area contributed by atoms with Gasteiger partial charge in [0.15, 0.2) is 0 Å². The number of carbonyl (C=O) groups excluding carboxylic acids is 1. The molecule has 0 aromatic rings. The second kappa shape index (κ2) is 5.47. The molecular weight excluding hydrogens is 192 g/mol. The summed E-state index contributed by atoms with van der Waals surface area (Å²) in [5.41, 5.74) is 4.76. The van der Waals surface area contributed by atoms with Gasteiger partial charge in [-0.2, -0.15) is 0 Å². The second-order valence-corrected chi connectivity index (χ2v) is 4.63. The standard InChI is InChI=1S/C11H22N2O2/c1-9(4-2-7-12)10(14)13-8-11(15)5-3-6-11/h9,15H,2-8,12H2,1H3,(H,13,14). The van der Waals surface area contributed by atoms with E-state index in [0.29, 0.717) is 13.1 Å². The van der Waals surface area contributed by atoms with Crippen LogP contribution in [0.1, 0.15) is 39.0 Å². The van der Waals surface area contributed by atoms with Crippen LogP contribution in [0.4, 0.5) is 0 Å². The number of amides is 1. The molecule has 15 heavy (non-hydrogen) atoms. The monoisotopic (exact) mass is 214 g/mol. The van der Waals surface area contributed by atoms with Crippen molar-refractivity contribution in [2.45, 2.75) is 44.6 Å². The van der Waals surface area contributed by atoms with Gasteiger partial charge in [0.05, 0.1) is 5.60 Å². The molecule has 0 aliphatic heterocycles. The van der Waals surface area contributed by atoms with Crippen LogP contribution in [0.15, 0.2) is 0 Å². The highest BCUT2D eigenvalue weighted by Gasteiger charge is 2.34. The van der Waals surface area contributed by atoms with Gasteiger partial charge in [-0.1, -0.05) is 6.92 Å². The Morgan fingerprint density at radius 2 is 2.27 bits per heavy atom. The zero-order valence-electron chi connectivity index (χ0n) is 9.46. The Kier molecular flexibility index (Phi) is 4.54. The Hall–Kier alpha value is -0.610. The van der Waals surface area contributed by atoms with E-state index in [1.165, 1.54) is 0 Å². The maximum atomic E-state index is 11.6. The van der Waals surface area contributed by atoms with E-state index in [1.807, 2.05) is 6.92 Å². The summed E-state index contributed by atoms with van der Waals surface area (Å²) in [6, 6.07) is 0. The summed E-state index contributed by atoms with van der Waals surface area (Å²) in [5, 5.41) is 12.6. The predicted molar refractivity (Wildman–Crippen MR) is 59.3 cm³/mol. The Morgan fingerprint density at radius 3 is 2.73 bits per heavy atom. The highest BCUT2D eigenvalue weighted by molar-refractivity contribution is 5.78. The average Bonchev–Trinajstić information content (AvgIpc) is 2.19. The van der Waals surface area contributed by atoms with Crippen LogP contribution in [-0.4, -0.2) is 29.7 Å². The third kappa shape index (κ3) is 3.80. The Labute approximate surface area is 91.2 Å². The van der Waals surface area contributed by atoms with E-state index < -0.39 is 5.60 Å². The summed E-state index contributed by atoms with van der Waals surface area (Å²) in [5.74, 6) is 0.0287. The minimum absolute atomic E-state index is 0.00257. The molecule has 0 heterocycles. The summed E-state index contributed by atoms with van der Waals surface area (Å²) in [6.07, 6.45) is 4.38. The molecule has 0 aromatic carbocycles. The second-order valence-electron chi connectivity index (χ2n) is 4.63. The molecule has 88 valence electrons. The summed E-state index contributed by atoms with van der Waals surface area (Å²) in [4.78, 5) is 11.6. The van der Waals surface area contributed by atoms with Gasteiger partial charge in [0.25, 0.3) is 0 Å². The number of carbonyl (C=O) groups is 1. The number of rotatable bonds is 6. The van der Waals surface area contributed by atoms with Crippen LogP contribution in [-0.2, 0) is 4.79 Å². The Bertz CT molecular complexity index is 215. The summed E-state index contributed by atoms with van der Waals surface area (Å²) < 4.78 is 0. The average molecular weight is 214 g/mol. The molecule has 4 heteroatoms. The lowest BCUT2D eigenvalue weighted by Crippen LogP contribution is -2.48. The number of hydrogen-bond donors (Lipinski definition) is 3. The molecule has 1 unspecified atom stereocenters. The quantitative estimate of drug-likeness (QED) is 0.599. The first kappa shape index (κ1) is 12.5. The third-order valence-corrected chi connectivity index (χ3v) is 3.16. The fourth-order valence-corrected chi connectivity index (χ4v) is 1.74. The lowest BCUT2D eigenvalue weighted by atomic mass is 9.80. The smallest absolute Gasteiger partial charge is 0.222 e. The fourth-order valence-electron chi connectivity index (χ4n) is 1.74. The lowest BCUT2D eigenvalue weighted by molar-refractivity contribution is -0.127. The first-order valence-electron chi connectivity index (χ1n) is 5.77. The van der Waals surface area contributed by atoms with Gasteiger partial charge in [-0.15, -0.1) is 0 Å². The first-order valence-corrected chi connectivity index (χ1v) is 5.77. The van der Waals surface area contributed by atoms with E-state index >= 15 is 0 Å². The van der Waals surface area contributed by atoms with E-state index in [1.54, 1.807) is 0 Å². The van der Waals surface area contributed by atoms with Crippen LogP contribution in [0.3, 0.4) is 0 Å². The van der Waals surface area contributed by atoms with E-state index in [-0.39, 0.29) is 11.8 Å². The molecule has 1 aliphatic carbocycles. The van der Waals surface area contributed by atoms with Gasteiger partial charge in [0.2, 0.25) is 5.91 Å². The molecule has 4 N–H and O–H groups in total. The lowest BCUT2D eigenvalue weighted by Gasteiger charge is -2.36. The Balaban J connectivity index is 2.17. The summed E-state index contributed by atoms with van der Waals surface area (Å²) >= 11 is 0. The largest absolute Gasteiger partial charge is 0.388 e. The molecule has 0 saturated heterocycles. The highest BCUT2D eigenvalue weighted by atomic mass is 16.3. The number of nitrogens with two attached hydrogens (primary N) is 1.